The third kappa shape index (κ3) is 8.22. The summed E-state index contributed by atoms with van der Waals surface area (Å²) in [6.45, 7) is 5.51. The summed E-state index contributed by atoms with van der Waals surface area (Å²) in [7, 11) is 0. The first kappa shape index (κ1) is 37.3. The second-order valence-electron chi connectivity index (χ2n) is 12.7. The fraction of sp³-hybridized carbons (Fsp3) is 0.742. The molecule has 0 bridgehead atoms. The largest absolute Gasteiger partial charge is 0.478 e. The van der Waals surface area contributed by atoms with Crippen LogP contribution in [-0.4, -0.2) is 140 Å². The first-order valence-electron chi connectivity index (χ1n) is 15.6. The van der Waals surface area contributed by atoms with Gasteiger partial charge in [0.25, 0.3) is 0 Å². The zero-order chi connectivity index (χ0) is 34.6. The molecule has 0 amide bonds. The Morgan fingerprint density at radius 1 is 1.11 bits per heavy atom. The normalized spacial score (nSPS) is 39.6. The van der Waals surface area contributed by atoms with E-state index in [1.54, 1.807) is 13.0 Å². The van der Waals surface area contributed by atoms with Crippen LogP contribution in [0.2, 0.25) is 0 Å². The van der Waals surface area contributed by atoms with E-state index in [2.05, 4.69) is 6.58 Å². The van der Waals surface area contributed by atoms with Crippen molar-refractivity contribution >= 4 is 11.9 Å². The molecule has 0 aromatic heterocycles. The molecule has 266 valence electrons. The predicted octanol–water partition coefficient (Wildman–Crippen LogP) is -1.56. The summed E-state index contributed by atoms with van der Waals surface area (Å²) in [6.07, 6.45) is -9.20. The molecule has 3 heterocycles. The Bertz CT molecular complexity index is 1190. The van der Waals surface area contributed by atoms with E-state index in [1.807, 2.05) is 6.92 Å². The Balaban J connectivity index is 1.43. The number of aliphatic hydroxyl groups is 7. The average Bonchev–Trinajstić information content (AvgIpc) is 3.49. The molecule has 1 saturated carbocycles. The van der Waals surface area contributed by atoms with Gasteiger partial charge in [-0.05, 0) is 44.1 Å². The zero-order valence-corrected chi connectivity index (χ0v) is 26.3. The van der Waals surface area contributed by atoms with Gasteiger partial charge in [-0.3, -0.25) is 0 Å². The number of carbonyl (C=O) groups is 2. The Labute approximate surface area is 271 Å². The lowest BCUT2D eigenvalue weighted by molar-refractivity contribution is -0.363. The van der Waals surface area contributed by atoms with Gasteiger partial charge in [0.15, 0.2) is 18.2 Å². The minimum atomic E-state index is -2.12. The van der Waals surface area contributed by atoms with Crippen LogP contribution in [0.1, 0.15) is 39.5 Å². The van der Waals surface area contributed by atoms with Crippen molar-refractivity contribution in [2.75, 3.05) is 26.4 Å². The minimum absolute atomic E-state index is 0.0430. The molecule has 0 radical (unpaired) electrons. The summed E-state index contributed by atoms with van der Waals surface area (Å²) in [6, 6.07) is 0. The molecule has 0 aromatic carbocycles. The summed E-state index contributed by atoms with van der Waals surface area (Å²) >= 11 is 0. The molecule has 4 aliphatic rings. The van der Waals surface area contributed by atoms with Gasteiger partial charge in [-0.25, -0.2) is 9.59 Å². The Morgan fingerprint density at radius 3 is 2.49 bits per heavy atom. The van der Waals surface area contributed by atoms with Gasteiger partial charge in [-0.2, -0.15) is 0 Å². The van der Waals surface area contributed by atoms with Gasteiger partial charge in [0, 0.05) is 18.1 Å². The Hall–Kier alpha value is -2.48. The van der Waals surface area contributed by atoms with Gasteiger partial charge in [0.05, 0.1) is 37.1 Å². The van der Waals surface area contributed by atoms with Crippen LogP contribution in [0.15, 0.2) is 35.6 Å². The molecule has 1 aliphatic carbocycles. The van der Waals surface area contributed by atoms with Crippen LogP contribution in [0, 0.1) is 17.8 Å². The highest BCUT2D eigenvalue weighted by atomic mass is 16.8. The van der Waals surface area contributed by atoms with Crippen LogP contribution in [-0.2, 0) is 38.0 Å². The first-order valence-corrected chi connectivity index (χ1v) is 15.6. The van der Waals surface area contributed by atoms with Crippen molar-refractivity contribution in [1.82, 2.24) is 0 Å². The van der Waals surface area contributed by atoms with E-state index in [4.69, 9.17) is 33.5 Å². The van der Waals surface area contributed by atoms with Gasteiger partial charge < -0.3 is 69.3 Å². The molecule has 16 heteroatoms. The van der Waals surface area contributed by atoms with Crippen molar-refractivity contribution < 1.29 is 78.9 Å². The standard InChI is InChI=1S/C31H46O16/c1-14(7-8-32)5-4-6-15(2)27(40)43-12-31(41)13-44-30(25(31)37)46-24-23(36)22(35)20(10-33)45-29(24)47-28-21-16(3)19(34)9-17(21)18(11-42-28)26(38)39/h6,11,14,17,19-25,28-30,32-37,41H,3-5,7-10,12-13H2,1-2H3,(H,38,39). The van der Waals surface area contributed by atoms with Gasteiger partial charge in [-0.15, -0.1) is 0 Å². The lowest BCUT2D eigenvalue weighted by atomic mass is 9.85. The van der Waals surface area contributed by atoms with Crippen LogP contribution < -0.4 is 0 Å². The maximum atomic E-state index is 12.5. The number of allylic oxidation sites excluding steroid dienone is 1. The number of hydrogen-bond acceptors (Lipinski definition) is 15. The van der Waals surface area contributed by atoms with E-state index < -0.39 is 105 Å². The first-order chi connectivity index (χ1) is 22.2. The van der Waals surface area contributed by atoms with Gasteiger partial charge in [-0.1, -0.05) is 19.6 Å². The summed E-state index contributed by atoms with van der Waals surface area (Å²) < 4.78 is 33.7. The van der Waals surface area contributed by atoms with Gasteiger partial charge >= 0.3 is 11.9 Å². The molecule has 2 saturated heterocycles. The number of hydrogen-bond donors (Lipinski definition) is 8. The molecule has 47 heavy (non-hydrogen) atoms. The molecule has 13 atom stereocenters. The fourth-order valence-corrected chi connectivity index (χ4v) is 6.17. The number of ether oxygens (including phenoxy) is 6. The Kier molecular flexibility index (Phi) is 12.6. The average molecular weight is 675 g/mol. The van der Waals surface area contributed by atoms with E-state index in [0.717, 1.165) is 12.7 Å². The third-order valence-corrected chi connectivity index (χ3v) is 9.23. The van der Waals surface area contributed by atoms with Crippen LogP contribution in [0.25, 0.3) is 0 Å². The van der Waals surface area contributed by atoms with E-state index in [1.165, 1.54) is 0 Å². The highest BCUT2D eigenvalue weighted by molar-refractivity contribution is 5.88. The van der Waals surface area contributed by atoms with Crippen molar-refractivity contribution in [3.05, 3.63) is 35.6 Å². The number of aliphatic hydroxyl groups excluding tert-OH is 6. The van der Waals surface area contributed by atoms with E-state index in [-0.39, 0.29) is 35.7 Å². The van der Waals surface area contributed by atoms with Crippen LogP contribution in [0.3, 0.4) is 0 Å². The second kappa shape index (κ2) is 15.8. The highest BCUT2D eigenvalue weighted by Gasteiger charge is 2.56. The molecule has 13 unspecified atom stereocenters. The van der Waals surface area contributed by atoms with E-state index in [0.29, 0.717) is 12.8 Å². The van der Waals surface area contributed by atoms with Crippen LogP contribution in [0.4, 0.5) is 0 Å². The van der Waals surface area contributed by atoms with Crippen molar-refractivity contribution in [3.63, 3.8) is 0 Å². The lowest BCUT2D eigenvalue weighted by Gasteiger charge is -2.44. The smallest absolute Gasteiger partial charge is 0.334 e. The molecule has 8 N–H and O–H groups in total. The molecule has 3 aliphatic heterocycles. The summed E-state index contributed by atoms with van der Waals surface area (Å²) in [4.78, 5) is 24.3. The number of rotatable bonds is 14. The summed E-state index contributed by atoms with van der Waals surface area (Å²) in [5.41, 5.74) is -1.69. The second-order valence-corrected chi connectivity index (χ2v) is 12.7. The molecule has 3 fully saturated rings. The summed E-state index contributed by atoms with van der Waals surface area (Å²) in [5.74, 6) is -3.30. The number of esters is 1. The Morgan fingerprint density at radius 2 is 1.83 bits per heavy atom. The topological polar surface area (TPSA) is 251 Å². The zero-order valence-electron chi connectivity index (χ0n) is 26.3. The van der Waals surface area contributed by atoms with Gasteiger partial charge in [0.2, 0.25) is 6.29 Å². The maximum Gasteiger partial charge on any atom is 0.334 e. The van der Waals surface area contributed by atoms with Crippen molar-refractivity contribution in [3.8, 4) is 0 Å². The molecule has 16 nitrogen and oxygen atoms in total. The monoisotopic (exact) mass is 674 g/mol. The lowest BCUT2D eigenvalue weighted by Crippen LogP contribution is -2.62. The molecular weight excluding hydrogens is 628 g/mol. The maximum absolute atomic E-state index is 12.5. The minimum Gasteiger partial charge on any atom is -0.478 e. The summed E-state index contributed by atoms with van der Waals surface area (Å²) in [5, 5.41) is 82.3. The third-order valence-electron chi connectivity index (χ3n) is 9.23. The number of aliphatic carboxylic acids is 1. The number of carbonyl (C=O) groups excluding carboxylic acids is 1. The van der Waals surface area contributed by atoms with Crippen LogP contribution >= 0.6 is 0 Å². The molecule has 0 spiro atoms. The van der Waals surface area contributed by atoms with Crippen LogP contribution in [0.5, 0.6) is 0 Å². The highest BCUT2D eigenvalue weighted by Crippen LogP contribution is 2.47. The van der Waals surface area contributed by atoms with E-state index in [9.17, 15) is 45.3 Å². The van der Waals surface area contributed by atoms with E-state index >= 15 is 0 Å². The number of carboxylic acid groups (broad SMARTS) is 1. The van der Waals surface area contributed by atoms with Crippen molar-refractivity contribution in [2.24, 2.45) is 17.8 Å². The quantitative estimate of drug-likeness (QED) is 0.0589. The molecular formula is C31H46O16. The van der Waals surface area contributed by atoms with Crippen molar-refractivity contribution in [1.29, 1.82) is 0 Å². The number of fused-ring (bicyclic) bond motifs is 1. The molecule has 4 rings (SSSR count). The predicted molar refractivity (Wildman–Crippen MR) is 157 cm³/mol. The van der Waals surface area contributed by atoms with Crippen molar-refractivity contribution in [2.45, 2.75) is 101 Å². The number of carboxylic acids is 1. The fourth-order valence-electron chi connectivity index (χ4n) is 6.17. The van der Waals surface area contributed by atoms with Gasteiger partial charge in [0.1, 0.15) is 37.1 Å². The SMILES string of the molecule is C=C1C(O)CC2C(C(=O)O)=COC(OC3OC(CO)C(O)C(O)C3OC3OCC(O)(COC(=O)C(C)=CCCC(C)CCO)C3O)C12. The molecule has 0 aromatic rings.